The lowest BCUT2D eigenvalue weighted by Gasteiger charge is -2.23. The molecule has 0 radical (unpaired) electrons. The maximum absolute atomic E-state index is 13.0. The van der Waals surface area contributed by atoms with Gasteiger partial charge in [0.1, 0.15) is 0 Å². The number of carbonyl (C=O) groups is 2. The van der Waals surface area contributed by atoms with Gasteiger partial charge in [-0.25, -0.2) is 0 Å². The fourth-order valence-corrected chi connectivity index (χ4v) is 4.74. The molecule has 1 unspecified atom stereocenters. The van der Waals surface area contributed by atoms with Gasteiger partial charge >= 0.3 is 0 Å². The third kappa shape index (κ3) is 6.77. The van der Waals surface area contributed by atoms with Crippen LogP contribution in [0.4, 0.5) is 5.69 Å². The number of aromatic nitrogens is 3. The second-order valence-electron chi connectivity index (χ2n) is 8.99. The van der Waals surface area contributed by atoms with E-state index >= 15 is 0 Å². The molecule has 190 valence electrons. The number of para-hydroxylation sites is 1. The second kappa shape index (κ2) is 12.7. The van der Waals surface area contributed by atoms with Crippen LogP contribution < -0.4 is 10.6 Å². The van der Waals surface area contributed by atoms with Crippen LogP contribution in [0, 0.1) is 5.92 Å². The van der Waals surface area contributed by atoms with E-state index in [0.717, 1.165) is 11.3 Å². The van der Waals surface area contributed by atoms with E-state index in [0.29, 0.717) is 34.0 Å². The first-order valence-corrected chi connectivity index (χ1v) is 13.2. The van der Waals surface area contributed by atoms with Crippen LogP contribution in [-0.2, 0) is 11.3 Å². The van der Waals surface area contributed by atoms with Crippen LogP contribution in [0.1, 0.15) is 61.4 Å². The summed E-state index contributed by atoms with van der Waals surface area (Å²) in [5.41, 5.74) is 2.29. The van der Waals surface area contributed by atoms with Crippen molar-refractivity contribution in [3.63, 3.8) is 0 Å². The maximum atomic E-state index is 13.0. The molecule has 3 aromatic rings. The van der Waals surface area contributed by atoms with Gasteiger partial charge in [0.05, 0.1) is 22.4 Å². The second-order valence-corrected chi connectivity index (χ2v) is 10.3. The molecule has 0 fully saturated rings. The predicted molar refractivity (Wildman–Crippen MR) is 147 cm³/mol. The highest BCUT2D eigenvalue weighted by Crippen LogP contribution is 2.27. The average Bonchev–Trinajstić information content (AvgIpc) is 3.23. The smallest absolute Gasteiger partial charge is 0.253 e. The zero-order valence-corrected chi connectivity index (χ0v) is 22.6. The number of hydrogen-bond donors (Lipinski definition) is 2. The third-order valence-corrected chi connectivity index (χ3v) is 6.89. The highest BCUT2D eigenvalue weighted by atomic mass is 35.5. The molecule has 9 heteroatoms. The number of amides is 2. The minimum Gasteiger partial charge on any atom is -0.342 e. The van der Waals surface area contributed by atoms with Crippen molar-refractivity contribution in [1.29, 1.82) is 0 Å². The SMILES string of the molecule is C=CCn1c(SCC(=O)Nc2ccccc2C(C)C)nnc1C(NC(=O)c1ccccc1Cl)C(C)C. The van der Waals surface area contributed by atoms with Crippen molar-refractivity contribution in [2.24, 2.45) is 5.92 Å². The van der Waals surface area contributed by atoms with Crippen molar-refractivity contribution in [1.82, 2.24) is 20.1 Å². The molecule has 0 bridgehead atoms. The Morgan fingerprint density at radius 1 is 1.08 bits per heavy atom. The summed E-state index contributed by atoms with van der Waals surface area (Å²) in [4.78, 5) is 25.7. The number of thioether (sulfide) groups is 1. The minimum absolute atomic E-state index is 0.0258. The number of halogens is 1. The van der Waals surface area contributed by atoms with E-state index in [-0.39, 0.29) is 23.5 Å². The van der Waals surface area contributed by atoms with Gasteiger partial charge in [-0.2, -0.15) is 0 Å². The van der Waals surface area contributed by atoms with E-state index in [2.05, 4.69) is 41.3 Å². The molecule has 1 heterocycles. The first kappa shape index (κ1) is 27.5. The molecule has 7 nitrogen and oxygen atoms in total. The molecular formula is C27H32ClN5O2S. The summed E-state index contributed by atoms with van der Waals surface area (Å²) in [6.45, 7) is 12.5. The Labute approximate surface area is 221 Å². The molecule has 1 aromatic heterocycles. The third-order valence-electron chi connectivity index (χ3n) is 5.60. The maximum Gasteiger partial charge on any atom is 0.253 e. The van der Waals surface area contributed by atoms with Crippen LogP contribution in [0.2, 0.25) is 5.02 Å². The summed E-state index contributed by atoms with van der Waals surface area (Å²) < 4.78 is 1.88. The van der Waals surface area contributed by atoms with E-state index in [1.165, 1.54) is 11.8 Å². The highest BCUT2D eigenvalue weighted by Gasteiger charge is 2.27. The van der Waals surface area contributed by atoms with Crippen LogP contribution in [0.3, 0.4) is 0 Å². The van der Waals surface area contributed by atoms with Gasteiger partial charge in [-0.15, -0.1) is 16.8 Å². The number of allylic oxidation sites excluding steroid dienone is 1. The molecule has 0 saturated carbocycles. The Bertz CT molecular complexity index is 1220. The highest BCUT2D eigenvalue weighted by molar-refractivity contribution is 7.99. The summed E-state index contributed by atoms with van der Waals surface area (Å²) >= 11 is 7.51. The Kier molecular flexibility index (Phi) is 9.73. The van der Waals surface area contributed by atoms with Gasteiger partial charge in [0.2, 0.25) is 5.91 Å². The number of anilines is 1. The predicted octanol–water partition coefficient (Wildman–Crippen LogP) is 6.10. The van der Waals surface area contributed by atoms with Gasteiger partial charge < -0.3 is 15.2 Å². The van der Waals surface area contributed by atoms with Crippen molar-refractivity contribution in [2.75, 3.05) is 11.1 Å². The fourth-order valence-electron chi connectivity index (χ4n) is 3.76. The molecule has 0 aliphatic heterocycles. The number of nitrogens with one attached hydrogen (secondary N) is 2. The van der Waals surface area contributed by atoms with Crippen molar-refractivity contribution in [2.45, 2.75) is 51.4 Å². The van der Waals surface area contributed by atoms with E-state index in [1.54, 1.807) is 30.3 Å². The number of rotatable bonds is 11. The van der Waals surface area contributed by atoms with E-state index in [1.807, 2.05) is 42.7 Å². The topological polar surface area (TPSA) is 88.9 Å². The van der Waals surface area contributed by atoms with Crippen molar-refractivity contribution >= 4 is 40.9 Å². The number of hydrogen-bond acceptors (Lipinski definition) is 5. The van der Waals surface area contributed by atoms with Crippen LogP contribution in [-0.4, -0.2) is 32.3 Å². The lowest BCUT2D eigenvalue weighted by Crippen LogP contribution is -2.34. The van der Waals surface area contributed by atoms with Gasteiger partial charge in [0.15, 0.2) is 11.0 Å². The summed E-state index contributed by atoms with van der Waals surface area (Å²) in [6, 6.07) is 14.3. The number of carbonyl (C=O) groups excluding carboxylic acids is 2. The molecule has 2 amide bonds. The largest absolute Gasteiger partial charge is 0.342 e. The van der Waals surface area contributed by atoms with E-state index in [4.69, 9.17) is 11.6 Å². The van der Waals surface area contributed by atoms with Crippen LogP contribution in [0.5, 0.6) is 0 Å². The summed E-state index contributed by atoms with van der Waals surface area (Å²) in [5.74, 6) is 0.665. The standard InChI is InChI=1S/C27H32ClN5O2S/c1-6-15-33-25(24(18(4)5)30-26(35)20-12-7-9-13-21(20)28)31-32-27(33)36-16-23(34)29-22-14-10-8-11-19(22)17(2)3/h6-14,17-18,24H,1,15-16H2,2-5H3,(H,29,34)(H,30,35). The zero-order valence-electron chi connectivity index (χ0n) is 21.0. The van der Waals surface area contributed by atoms with Gasteiger partial charge in [0.25, 0.3) is 5.91 Å². The van der Waals surface area contributed by atoms with Gasteiger partial charge in [-0.05, 0) is 35.6 Å². The molecule has 0 spiro atoms. The summed E-state index contributed by atoms with van der Waals surface area (Å²) in [7, 11) is 0. The van der Waals surface area contributed by atoms with Gasteiger partial charge in [-0.1, -0.05) is 87.5 Å². The molecular weight excluding hydrogens is 494 g/mol. The Balaban J connectivity index is 1.77. The molecule has 2 N–H and O–H groups in total. The molecule has 36 heavy (non-hydrogen) atoms. The Morgan fingerprint density at radius 3 is 2.44 bits per heavy atom. The summed E-state index contributed by atoms with van der Waals surface area (Å²) in [6.07, 6.45) is 1.74. The lowest BCUT2D eigenvalue weighted by atomic mass is 10.0. The number of nitrogens with zero attached hydrogens (tertiary/aromatic N) is 3. The van der Waals surface area contributed by atoms with E-state index < -0.39 is 6.04 Å². The molecule has 1 atom stereocenters. The van der Waals surface area contributed by atoms with Gasteiger partial charge in [-0.3, -0.25) is 9.59 Å². The Hall–Kier alpha value is -3.10. The quantitative estimate of drug-likeness (QED) is 0.233. The normalized spacial score (nSPS) is 12.0. The minimum atomic E-state index is -0.415. The summed E-state index contributed by atoms with van der Waals surface area (Å²) in [5, 5.41) is 15.7. The van der Waals surface area contributed by atoms with Crippen LogP contribution in [0.25, 0.3) is 0 Å². The van der Waals surface area contributed by atoms with E-state index in [9.17, 15) is 9.59 Å². The average molecular weight is 526 g/mol. The Morgan fingerprint density at radius 2 is 1.78 bits per heavy atom. The first-order chi connectivity index (χ1) is 17.2. The van der Waals surface area contributed by atoms with Gasteiger partial charge in [0, 0.05) is 12.2 Å². The van der Waals surface area contributed by atoms with Crippen molar-refractivity contribution < 1.29 is 9.59 Å². The monoisotopic (exact) mass is 525 g/mol. The lowest BCUT2D eigenvalue weighted by molar-refractivity contribution is -0.113. The molecule has 0 saturated heterocycles. The molecule has 2 aromatic carbocycles. The molecule has 0 aliphatic carbocycles. The fraction of sp³-hybridized carbons (Fsp3) is 0.333. The zero-order chi connectivity index (χ0) is 26.2. The van der Waals surface area contributed by atoms with Crippen molar-refractivity contribution in [3.8, 4) is 0 Å². The van der Waals surface area contributed by atoms with Crippen molar-refractivity contribution in [3.05, 3.63) is 83.2 Å². The molecule has 0 aliphatic rings. The van der Waals surface area contributed by atoms with Crippen LogP contribution in [0.15, 0.2) is 66.3 Å². The number of benzene rings is 2. The van der Waals surface area contributed by atoms with Crippen LogP contribution >= 0.6 is 23.4 Å². The molecule has 3 rings (SSSR count). The first-order valence-electron chi connectivity index (χ1n) is 11.8.